The van der Waals surface area contributed by atoms with Crippen LogP contribution in [0.3, 0.4) is 0 Å². The van der Waals surface area contributed by atoms with Crippen LogP contribution in [0.5, 0.6) is 0 Å². The van der Waals surface area contributed by atoms with Crippen LogP contribution in [0, 0.1) is 0 Å². The van der Waals surface area contributed by atoms with Gasteiger partial charge >= 0.3 is 0 Å². The number of hydrogen-bond acceptors (Lipinski definition) is 3. The Kier molecular flexibility index (Phi) is 10.1. The van der Waals surface area contributed by atoms with Gasteiger partial charge in [0.1, 0.15) is 0 Å². The fraction of sp³-hybridized carbons (Fsp3) is 0.667. The Hall–Kier alpha value is -1.59. The fourth-order valence-electron chi connectivity index (χ4n) is 3.05. The molecule has 0 unspecified atom stereocenters. The van der Waals surface area contributed by atoms with Crippen molar-refractivity contribution in [2.24, 2.45) is 4.99 Å². The Morgan fingerprint density at radius 3 is 2.73 bits per heavy atom. The minimum Gasteiger partial charge on any atom is -0.381 e. The molecular formula is C21H35N3O2. The van der Waals surface area contributed by atoms with E-state index in [1.54, 1.807) is 0 Å². The molecule has 1 fully saturated rings. The van der Waals surface area contributed by atoms with Gasteiger partial charge < -0.3 is 20.1 Å². The second kappa shape index (κ2) is 12.7. The van der Waals surface area contributed by atoms with Crippen molar-refractivity contribution in [3.8, 4) is 0 Å². The van der Waals surface area contributed by atoms with Gasteiger partial charge in [-0.25, -0.2) is 0 Å². The highest BCUT2D eigenvalue weighted by atomic mass is 16.5. The quantitative estimate of drug-likeness (QED) is 0.380. The van der Waals surface area contributed by atoms with Crippen molar-refractivity contribution in [3.05, 3.63) is 35.4 Å². The molecule has 0 aliphatic carbocycles. The van der Waals surface area contributed by atoms with Crippen LogP contribution < -0.4 is 10.6 Å². The first-order chi connectivity index (χ1) is 12.8. The minimum atomic E-state index is 0.335. The highest BCUT2D eigenvalue weighted by molar-refractivity contribution is 5.79. The number of aliphatic imine (C=N–C) groups is 1. The van der Waals surface area contributed by atoms with E-state index in [4.69, 9.17) is 9.47 Å². The first-order valence-electron chi connectivity index (χ1n) is 10.0. The zero-order valence-electron chi connectivity index (χ0n) is 16.4. The monoisotopic (exact) mass is 361 g/mol. The lowest BCUT2D eigenvalue weighted by Gasteiger charge is -2.22. The number of nitrogens with one attached hydrogen (secondary N) is 2. The summed E-state index contributed by atoms with van der Waals surface area (Å²) in [4.78, 5) is 4.30. The van der Waals surface area contributed by atoms with E-state index < -0.39 is 0 Å². The molecule has 1 aromatic rings. The van der Waals surface area contributed by atoms with Gasteiger partial charge in [0.2, 0.25) is 0 Å². The van der Waals surface area contributed by atoms with Gasteiger partial charge in [0.25, 0.3) is 0 Å². The van der Waals surface area contributed by atoms with Crippen LogP contribution in [0.2, 0.25) is 0 Å². The van der Waals surface area contributed by atoms with E-state index in [1.807, 2.05) is 7.05 Å². The van der Waals surface area contributed by atoms with Crippen LogP contribution >= 0.6 is 0 Å². The Labute approximate surface area is 158 Å². The molecule has 2 N–H and O–H groups in total. The molecule has 5 heteroatoms. The highest BCUT2D eigenvalue weighted by Crippen LogP contribution is 2.14. The zero-order chi connectivity index (χ0) is 18.5. The molecule has 5 nitrogen and oxygen atoms in total. The predicted octanol–water partition coefficient (Wildman–Crippen LogP) is 3.63. The van der Waals surface area contributed by atoms with Gasteiger partial charge in [0.15, 0.2) is 5.96 Å². The van der Waals surface area contributed by atoms with Crippen LogP contribution in [0.1, 0.15) is 56.6 Å². The van der Waals surface area contributed by atoms with Crippen molar-refractivity contribution < 1.29 is 9.47 Å². The molecule has 0 amide bonds. The normalized spacial score (nSPS) is 15.8. The van der Waals surface area contributed by atoms with Crippen molar-refractivity contribution in [1.29, 1.82) is 0 Å². The lowest BCUT2D eigenvalue weighted by molar-refractivity contribution is -0.0390. The summed E-state index contributed by atoms with van der Waals surface area (Å²) < 4.78 is 11.4. The SMILES string of the molecule is CCCCCCNC(=NC)NCc1cccc(COC2CCOCC2)c1. The first-order valence-corrected chi connectivity index (χ1v) is 10.0. The second-order valence-corrected chi connectivity index (χ2v) is 6.86. The number of hydrogen-bond donors (Lipinski definition) is 2. The molecule has 1 aliphatic heterocycles. The van der Waals surface area contributed by atoms with Gasteiger partial charge in [-0.2, -0.15) is 0 Å². The highest BCUT2D eigenvalue weighted by Gasteiger charge is 2.14. The predicted molar refractivity (Wildman–Crippen MR) is 107 cm³/mol. The summed E-state index contributed by atoms with van der Waals surface area (Å²) in [6.07, 6.45) is 7.37. The van der Waals surface area contributed by atoms with Gasteiger partial charge in [-0.05, 0) is 30.4 Å². The zero-order valence-corrected chi connectivity index (χ0v) is 16.4. The number of unbranched alkanes of at least 4 members (excludes halogenated alkanes) is 3. The molecular weight excluding hydrogens is 326 g/mol. The molecule has 1 aromatic carbocycles. The van der Waals surface area contributed by atoms with Gasteiger partial charge in [-0.3, -0.25) is 4.99 Å². The lowest BCUT2D eigenvalue weighted by Crippen LogP contribution is -2.37. The Morgan fingerprint density at radius 2 is 1.96 bits per heavy atom. The Morgan fingerprint density at radius 1 is 1.15 bits per heavy atom. The summed E-state index contributed by atoms with van der Waals surface area (Å²) in [6, 6.07) is 8.57. The van der Waals surface area contributed by atoms with E-state index in [0.29, 0.717) is 12.7 Å². The number of guanidine groups is 1. The fourth-order valence-corrected chi connectivity index (χ4v) is 3.05. The third kappa shape index (κ3) is 8.19. The maximum absolute atomic E-state index is 6.02. The van der Waals surface area contributed by atoms with Crippen LogP contribution in [0.25, 0.3) is 0 Å². The maximum Gasteiger partial charge on any atom is 0.191 e. The molecule has 0 bridgehead atoms. The maximum atomic E-state index is 6.02. The van der Waals surface area contributed by atoms with Crippen molar-refractivity contribution in [2.45, 2.75) is 64.7 Å². The Bertz CT molecular complexity index is 528. The van der Waals surface area contributed by atoms with Crippen molar-refractivity contribution in [2.75, 3.05) is 26.8 Å². The molecule has 2 rings (SSSR count). The van der Waals surface area contributed by atoms with Crippen LogP contribution in [-0.4, -0.2) is 38.9 Å². The summed E-state index contributed by atoms with van der Waals surface area (Å²) in [5, 5.41) is 6.77. The molecule has 1 heterocycles. The first kappa shape index (κ1) is 20.7. The van der Waals surface area contributed by atoms with Crippen LogP contribution in [0.4, 0.5) is 0 Å². The van der Waals surface area contributed by atoms with Crippen LogP contribution in [-0.2, 0) is 22.6 Å². The molecule has 0 atom stereocenters. The van der Waals surface area contributed by atoms with Crippen molar-refractivity contribution >= 4 is 5.96 Å². The summed E-state index contributed by atoms with van der Waals surface area (Å²) in [5.74, 6) is 0.866. The van der Waals surface area contributed by atoms with Gasteiger partial charge in [0, 0.05) is 33.4 Å². The van der Waals surface area contributed by atoms with Gasteiger partial charge in [-0.1, -0.05) is 50.5 Å². The summed E-state index contributed by atoms with van der Waals surface area (Å²) >= 11 is 0. The smallest absolute Gasteiger partial charge is 0.191 e. The van der Waals surface area contributed by atoms with E-state index in [-0.39, 0.29) is 0 Å². The standard InChI is InChI=1S/C21H35N3O2/c1-3-4-5-6-12-23-21(22-2)24-16-18-8-7-9-19(15-18)17-26-20-10-13-25-14-11-20/h7-9,15,20H,3-6,10-14,16-17H2,1-2H3,(H2,22,23,24). The molecule has 0 radical (unpaired) electrons. The molecule has 0 aromatic heterocycles. The number of benzene rings is 1. The number of ether oxygens (including phenoxy) is 2. The number of rotatable bonds is 10. The van der Waals surface area contributed by atoms with E-state index in [9.17, 15) is 0 Å². The molecule has 1 aliphatic rings. The Balaban J connectivity index is 1.70. The average molecular weight is 362 g/mol. The lowest BCUT2D eigenvalue weighted by atomic mass is 10.1. The summed E-state index contributed by atoms with van der Waals surface area (Å²) in [6.45, 7) is 6.27. The molecule has 26 heavy (non-hydrogen) atoms. The summed E-state index contributed by atoms with van der Waals surface area (Å²) in [7, 11) is 1.82. The van der Waals surface area contributed by atoms with Gasteiger partial charge in [0.05, 0.1) is 12.7 Å². The summed E-state index contributed by atoms with van der Waals surface area (Å²) in [5.41, 5.74) is 2.46. The van der Waals surface area contributed by atoms with Crippen molar-refractivity contribution in [3.63, 3.8) is 0 Å². The minimum absolute atomic E-state index is 0.335. The molecule has 0 spiro atoms. The molecule has 146 valence electrons. The largest absolute Gasteiger partial charge is 0.381 e. The second-order valence-electron chi connectivity index (χ2n) is 6.86. The molecule has 1 saturated heterocycles. The topological polar surface area (TPSA) is 54.9 Å². The van der Waals surface area contributed by atoms with E-state index >= 15 is 0 Å². The van der Waals surface area contributed by atoms with E-state index in [0.717, 1.165) is 45.1 Å². The third-order valence-corrected chi connectivity index (χ3v) is 4.65. The van der Waals surface area contributed by atoms with Gasteiger partial charge in [-0.15, -0.1) is 0 Å². The van der Waals surface area contributed by atoms with E-state index in [2.05, 4.69) is 46.8 Å². The van der Waals surface area contributed by atoms with Crippen molar-refractivity contribution in [1.82, 2.24) is 10.6 Å². The average Bonchev–Trinajstić information content (AvgIpc) is 2.69. The van der Waals surface area contributed by atoms with Crippen LogP contribution in [0.15, 0.2) is 29.3 Å². The molecule has 0 saturated carbocycles. The third-order valence-electron chi connectivity index (χ3n) is 4.65. The number of nitrogens with zero attached hydrogens (tertiary/aromatic N) is 1. The van der Waals surface area contributed by atoms with E-state index in [1.165, 1.54) is 36.8 Å².